The summed E-state index contributed by atoms with van der Waals surface area (Å²) in [7, 11) is 0. The average molecular weight is 347 g/mol. The van der Waals surface area contributed by atoms with Crippen LogP contribution in [0.3, 0.4) is 0 Å². The Morgan fingerprint density at radius 2 is 2.00 bits per heavy atom. The third kappa shape index (κ3) is 3.23. The largest absolute Gasteiger partial charge is 0.326 e. The van der Waals surface area contributed by atoms with Crippen LogP contribution in [-0.4, -0.2) is 21.1 Å². The summed E-state index contributed by atoms with van der Waals surface area (Å²) in [6.45, 7) is 0.323. The van der Waals surface area contributed by atoms with Crippen LogP contribution < -0.4 is 11.1 Å². The zero-order chi connectivity index (χ0) is 17.9. The number of hydrogen-bond donors (Lipinski definition) is 3. The molecule has 0 fully saturated rings. The van der Waals surface area contributed by atoms with Crippen molar-refractivity contribution >= 4 is 11.6 Å². The van der Waals surface area contributed by atoms with Crippen molar-refractivity contribution in [2.24, 2.45) is 5.73 Å². The number of anilines is 1. The number of hydrogen-bond acceptors (Lipinski definition) is 4. The topological polar surface area (TPSA) is 96.7 Å². The number of nitrogens with zero attached hydrogens (tertiary/aromatic N) is 2. The van der Waals surface area contributed by atoms with Crippen molar-refractivity contribution < 1.29 is 4.79 Å². The second kappa shape index (κ2) is 7.09. The number of aromatic amines is 1. The van der Waals surface area contributed by atoms with E-state index < -0.39 is 0 Å². The van der Waals surface area contributed by atoms with Crippen LogP contribution in [0.1, 0.15) is 35.7 Å². The molecule has 1 atom stereocenters. The molecule has 6 nitrogen and oxygen atoms in total. The summed E-state index contributed by atoms with van der Waals surface area (Å²) >= 11 is 0. The summed E-state index contributed by atoms with van der Waals surface area (Å²) in [5.74, 6) is 1.21. The van der Waals surface area contributed by atoms with E-state index in [9.17, 15) is 4.79 Å². The maximum Gasteiger partial charge on any atom is 0.231 e. The third-order valence-corrected chi connectivity index (χ3v) is 4.82. The number of carbonyl (C=O) groups excluding carboxylic acids is 1. The smallest absolute Gasteiger partial charge is 0.231 e. The molecule has 3 aromatic rings. The second-order valence-corrected chi connectivity index (χ2v) is 6.52. The maximum atomic E-state index is 12.8. The van der Waals surface area contributed by atoms with Gasteiger partial charge in [0.1, 0.15) is 5.82 Å². The van der Waals surface area contributed by atoms with Gasteiger partial charge in [0, 0.05) is 11.3 Å². The van der Waals surface area contributed by atoms with E-state index >= 15 is 0 Å². The summed E-state index contributed by atoms with van der Waals surface area (Å²) in [5.41, 5.74) is 9.64. The molecule has 1 heterocycles. The molecule has 1 aliphatic carbocycles. The van der Waals surface area contributed by atoms with Gasteiger partial charge in [-0.15, -0.1) is 0 Å². The van der Waals surface area contributed by atoms with Gasteiger partial charge >= 0.3 is 0 Å². The summed E-state index contributed by atoms with van der Waals surface area (Å²) in [4.78, 5) is 17.1. The third-order valence-electron chi connectivity index (χ3n) is 4.82. The Bertz CT molecular complexity index is 916. The molecule has 0 bridgehead atoms. The van der Waals surface area contributed by atoms with Crippen LogP contribution in [-0.2, 0) is 17.8 Å². The van der Waals surface area contributed by atoms with Gasteiger partial charge in [-0.1, -0.05) is 24.3 Å². The minimum absolute atomic E-state index is 0.0493. The van der Waals surface area contributed by atoms with Crippen molar-refractivity contribution in [2.45, 2.75) is 31.7 Å². The Balaban J connectivity index is 1.48. The lowest BCUT2D eigenvalue weighted by Crippen LogP contribution is -2.24. The van der Waals surface area contributed by atoms with Crippen LogP contribution in [0.15, 0.2) is 48.5 Å². The molecule has 0 spiro atoms. The molecule has 6 heteroatoms. The van der Waals surface area contributed by atoms with Gasteiger partial charge < -0.3 is 11.1 Å². The normalized spacial score (nSPS) is 16.1. The van der Waals surface area contributed by atoms with Crippen molar-refractivity contribution in [3.63, 3.8) is 0 Å². The zero-order valence-corrected chi connectivity index (χ0v) is 14.4. The molecule has 0 radical (unpaired) electrons. The molecule has 0 saturated heterocycles. The van der Waals surface area contributed by atoms with Crippen LogP contribution in [0.2, 0.25) is 0 Å². The lowest BCUT2D eigenvalue weighted by atomic mass is 9.82. The Hall–Kier alpha value is -2.99. The molecule has 0 saturated carbocycles. The fourth-order valence-corrected chi connectivity index (χ4v) is 3.47. The molecule has 1 amide bonds. The Morgan fingerprint density at radius 3 is 2.77 bits per heavy atom. The van der Waals surface area contributed by atoms with Crippen LogP contribution in [0.25, 0.3) is 11.4 Å². The van der Waals surface area contributed by atoms with Crippen molar-refractivity contribution in [3.8, 4) is 11.4 Å². The van der Waals surface area contributed by atoms with E-state index in [0.717, 1.165) is 36.1 Å². The predicted octanol–water partition coefficient (Wildman–Crippen LogP) is 2.99. The number of nitrogens with one attached hydrogen (secondary N) is 2. The molecule has 1 aliphatic rings. The predicted molar refractivity (Wildman–Crippen MR) is 100 cm³/mol. The molecular formula is C20H21N5O. The Kier molecular flexibility index (Phi) is 4.50. The first kappa shape index (κ1) is 16.5. The van der Waals surface area contributed by atoms with Crippen molar-refractivity contribution in [1.82, 2.24) is 15.2 Å². The molecule has 2 aromatic carbocycles. The van der Waals surface area contributed by atoms with Gasteiger partial charge in [-0.2, -0.15) is 5.10 Å². The number of rotatable bonds is 4. The molecule has 1 aromatic heterocycles. The Labute approximate surface area is 151 Å². The maximum absolute atomic E-state index is 12.8. The number of amides is 1. The van der Waals surface area contributed by atoms with Crippen LogP contribution in [0, 0.1) is 0 Å². The summed E-state index contributed by atoms with van der Waals surface area (Å²) in [6.07, 6.45) is 2.98. The number of benzene rings is 2. The molecule has 26 heavy (non-hydrogen) atoms. The first-order chi connectivity index (χ1) is 12.7. The van der Waals surface area contributed by atoms with Gasteiger partial charge in [-0.05, 0) is 54.7 Å². The Morgan fingerprint density at radius 1 is 1.19 bits per heavy atom. The van der Waals surface area contributed by atoms with Crippen molar-refractivity contribution in [2.75, 3.05) is 5.32 Å². The molecule has 132 valence electrons. The zero-order valence-electron chi connectivity index (χ0n) is 14.4. The van der Waals surface area contributed by atoms with Crippen LogP contribution in [0.5, 0.6) is 0 Å². The van der Waals surface area contributed by atoms with Crippen LogP contribution in [0.4, 0.5) is 5.69 Å². The van der Waals surface area contributed by atoms with Gasteiger partial charge in [0.05, 0.1) is 12.5 Å². The van der Waals surface area contributed by atoms with Gasteiger partial charge in [0.25, 0.3) is 0 Å². The van der Waals surface area contributed by atoms with Crippen LogP contribution >= 0.6 is 0 Å². The van der Waals surface area contributed by atoms with E-state index in [1.165, 1.54) is 5.56 Å². The number of nitrogens with two attached hydrogens (primary N) is 1. The summed E-state index contributed by atoms with van der Waals surface area (Å²) in [5, 5.41) is 9.98. The van der Waals surface area contributed by atoms with E-state index in [4.69, 9.17) is 5.73 Å². The molecule has 0 aliphatic heterocycles. The number of fused-ring (bicyclic) bond motifs is 1. The molecular weight excluding hydrogens is 326 g/mol. The number of carbonyl (C=O) groups is 1. The highest BCUT2D eigenvalue weighted by molar-refractivity contribution is 5.96. The minimum Gasteiger partial charge on any atom is -0.326 e. The van der Waals surface area contributed by atoms with Gasteiger partial charge in [0.2, 0.25) is 5.91 Å². The van der Waals surface area contributed by atoms with E-state index in [1.54, 1.807) is 0 Å². The molecule has 4 N–H and O–H groups in total. The summed E-state index contributed by atoms with van der Waals surface area (Å²) < 4.78 is 0. The highest BCUT2D eigenvalue weighted by Gasteiger charge is 2.26. The van der Waals surface area contributed by atoms with Crippen molar-refractivity contribution in [1.29, 1.82) is 0 Å². The van der Waals surface area contributed by atoms with E-state index in [2.05, 4.69) is 32.6 Å². The van der Waals surface area contributed by atoms with E-state index in [-0.39, 0.29) is 11.8 Å². The average Bonchev–Trinajstić information content (AvgIpc) is 3.17. The second-order valence-electron chi connectivity index (χ2n) is 6.52. The number of aryl methyl sites for hydroxylation is 1. The first-order valence-electron chi connectivity index (χ1n) is 8.85. The van der Waals surface area contributed by atoms with Crippen molar-refractivity contribution in [3.05, 3.63) is 65.5 Å². The highest BCUT2D eigenvalue weighted by Crippen LogP contribution is 2.32. The highest BCUT2D eigenvalue weighted by atomic mass is 16.1. The lowest BCUT2D eigenvalue weighted by molar-refractivity contribution is -0.117. The van der Waals surface area contributed by atoms with E-state index in [1.807, 2.05) is 36.4 Å². The number of aromatic nitrogens is 3. The minimum atomic E-state index is -0.0836. The molecule has 1 unspecified atom stereocenters. The summed E-state index contributed by atoms with van der Waals surface area (Å²) in [6, 6.07) is 15.8. The molecule has 4 rings (SSSR count). The fourth-order valence-electron chi connectivity index (χ4n) is 3.47. The van der Waals surface area contributed by atoms with Gasteiger partial charge in [-0.3, -0.25) is 9.89 Å². The fraction of sp³-hybridized carbons (Fsp3) is 0.250. The monoisotopic (exact) mass is 347 g/mol. The first-order valence-corrected chi connectivity index (χ1v) is 8.85. The SMILES string of the molecule is NCc1nc(-c2ccc(NC(=O)C3CCCc4ccccc43)cc2)n[nH]1. The number of H-pyrrole nitrogens is 1. The van der Waals surface area contributed by atoms with Gasteiger partial charge in [-0.25, -0.2) is 4.98 Å². The lowest BCUT2D eigenvalue weighted by Gasteiger charge is -2.24. The van der Waals surface area contributed by atoms with E-state index in [0.29, 0.717) is 18.2 Å². The quantitative estimate of drug-likeness (QED) is 0.676. The van der Waals surface area contributed by atoms with Gasteiger partial charge in [0.15, 0.2) is 5.82 Å². The standard InChI is InChI=1S/C20H21N5O/c21-12-18-23-19(25-24-18)14-8-10-15(11-9-14)22-20(26)17-7-3-5-13-4-1-2-6-16(13)17/h1-2,4,6,8-11,17H,3,5,7,12,21H2,(H,22,26)(H,23,24,25).